The summed E-state index contributed by atoms with van der Waals surface area (Å²) in [5.74, 6) is -0.450. The molecule has 0 amide bonds. The number of hydrogen-bond donors (Lipinski definition) is 0. The highest BCUT2D eigenvalue weighted by atomic mass is 16.6. The van der Waals surface area contributed by atoms with E-state index in [4.69, 9.17) is 9.47 Å². The first-order valence-electron chi connectivity index (χ1n) is 4.12. The van der Waals surface area contributed by atoms with Gasteiger partial charge in [0.15, 0.2) is 5.78 Å². The van der Waals surface area contributed by atoms with Gasteiger partial charge in [-0.3, -0.25) is 4.79 Å². The highest BCUT2D eigenvalue weighted by Gasteiger charge is 2.41. The fourth-order valence-corrected chi connectivity index (χ4v) is 1.51. The van der Waals surface area contributed by atoms with Crippen LogP contribution in [0.5, 0.6) is 0 Å². The van der Waals surface area contributed by atoms with Crippen molar-refractivity contribution in [2.24, 2.45) is 0 Å². The van der Waals surface area contributed by atoms with Gasteiger partial charge in [-0.15, -0.1) is 0 Å². The lowest BCUT2D eigenvalue weighted by Crippen LogP contribution is -2.34. The van der Waals surface area contributed by atoms with Gasteiger partial charge in [0.25, 0.3) is 0 Å². The lowest BCUT2D eigenvalue weighted by Gasteiger charge is -2.29. The van der Waals surface area contributed by atoms with Gasteiger partial charge in [0, 0.05) is 0 Å². The molecular weight excluding hydrogens is 172 g/mol. The van der Waals surface area contributed by atoms with Crippen LogP contribution in [0.2, 0.25) is 0 Å². The Hall–Kier alpha value is -1.32. The molecule has 0 atom stereocenters. The zero-order valence-electron chi connectivity index (χ0n) is 7.55. The number of cyclic esters (lactones) is 1. The van der Waals surface area contributed by atoms with Crippen molar-refractivity contribution in [1.29, 1.82) is 0 Å². The van der Waals surface area contributed by atoms with Crippen LogP contribution in [-0.4, -0.2) is 24.0 Å². The molecule has 0 bridgehead atoms. The molecule has 0 aliphatic carbocycles. The summed E-state index contributed by atoms with van der Waals surface area (Å²) in [7, 11) is 0. The van der Waals surface area contributed by atoms with Gasteiger partial charge in [0.1, 0.15) is 12.2 Å². The van der Waals surface area contributed by atoms with Crippen LogP contribution in [0.25, 0.3) is 0 Å². The number of carbonyl (C=O) groups excluding carboxylic acids is 2. The predicted molar refractivity (Wildman–Crippen MR) is 42.8 cm³/mol. The maximum atomic E-state index is 11.5. The van der Waals surface area contributed by atoms with Crippen molar-refractivity contribution in [3.05, 3.63) is 11.3 Å². The number of Topliss-reactive ketones (excluding diaryl/α,β-unsaturated/α-hetero) is 1. The van der Waals surface area contributed by atoms with E-state index in [0.717, 1.165) is 0 Å². The first-order chi connectivity index (χ1) is 5.99. The molecule has 0 aromatic carbocycles. The Morgan fingerprint density at radius 3 is 2.69 bits per heavy atom. The minimum atomic E-state index is -0.584. The Kier molecular flexibility index (Phi) is 1.49. The zero-order chi connectivity index (χ0) is 9.64. The van der Waals surface area contributed by atoms with Gasteiger partial charge >= 0.3 is 5.97 Å². The minimum Gasteiger partial charge on any atom is -0.480 e. The number of rotatable bonds is 0. The predicted octanol–water partition coefficient (Wildman–Crippen LogP) is 0.565. The standard InChI is InChI=1S/C9H10O4/c1-9(2)3-6(10)5-4-12-8(11)7(5)13-9/h3-4H2,1-2H3. The molecule has 4 nitrogen and oxygen atoms in total. The normalized spacial score (nSPS) is 25.4. The first-order valence-corrected chi connectivity index (χ1v) is 4.12. The molecule has 70 valence electrons. The molecule has 0 N–H and O–H groups in total. The molecule has 0 fully saturated rings. The van der Waals surface area contributed by atoms with Crippen molar-refractivity contribution in [3.63, 3.8) is 0 Å². The summed E-state index contributed by atoms with van der Waals surface area (Å²) in [6.45, 7) is 3.63. The Labute approximate surface area is 75.5 Å². The summed E-state index contributed by atoms with van der Waals surface area (Å²) >= 11 is 0. The second kappa shape index (κ2) is 2.34. The fourth-order valence-electron chi connectivity index (χ4n) is 1.51. The van der Waals surface area contributed by atoms with E-state index < -0.39 is 11.6 Å². The molecule has 0 saturated carbocycles. The van der Waals surface area contributed by atoms with E-state index in [1.54, 1.807) is 13.8 Å². The molecule has 2 heterocycles. The summed E-state index contributed by atoms with van der Waals surface area (Å²) in [4.78, 5) is 22.6. The monoisotopic (exact) mass is 182 g/mol. The van der Waals surface area contributed by atoms with Crippen LogP contribution >= 0.6 is 0 Å². The zero-order valence-corrected chi connectivity index (χ0v) is 7.55. The van der Waals surface area contributed by atoms with E-state index >= 15 is 0 Å². The summed E-state index contributed by atoms with van der Waals surface area (Å²) in [6.07, 6.45) is 0.308. The Balaban J connectivity index is 2.41. The maximum Gasteiger partial charge on any atom is 0.374 e. The summed E-state index contributed by atoms with van der Waals surface area (Å²) in [6, 6.07) is 0. The van der Waals surface area contributed by atoms with E-state index in [1.165, 1.54) is 0 Å². The Morgan fingerprint density at radius 2 is 2.00 bits per heavy atom. The Bertz CT molecular complexity index is 325. The molecule has 0 aromatic rings. The Morgan fingerprint density at radius 1 is 1.31 bits per heavy atom. The van der Waals surface area contributed by atoms with E-state index in [-0.39, 0.29) is 18.1 Å². The molecule has 0 unspecified atom stereocenters. The molecule has 0 spiro atoms. The van der Waals surface area contributed by atoms with Crippen LogP contribution in [0, 0.1) is 0 Å². The third-order valence-electron chi connectivity index (χ3n) is 2.11. The fraction of sp³-hybridized carbons (Fsp3) is 0.556. The van der Waals surface area contributed by atoms with Crippen LogP contribution in [0.4, 0.5) is 0 Å². The average Bonchev–Trinajstić information content (AvgIpc) is 2.30. The lowest BCUT2D eigenvalue weighted by molar-refractivity contribution is -0.142. The van der Waals surface area contributed by atoms with Crippen molar-refractivity contribution in [3.8, 4) is 0 Å². The van der Waals surface area contributed by atoms with E-state index in [1.807, 2.05) is 0 Å². The van der Waals surface area contributed by atoms with Gasteiger partial charge in [-0.2, -0.15) is 0 Å². The van der Waals surface area contributed by atoms with Crippen molar-refractivity contribution in [1.82, 2.24) is 0 Å². The molecule has 0 saturated heterocycles. The summed E-state index contributed by atoms with van der Waals surface area (Å²) < 4.78 is 10.1. The number of carbonyl (C=O) groups is 2. The molecular formula is C9H10O4. The molecule has 2 aliphatic rings. The highest BCUT2D eigenvalue weighted by molar-refractivity contribution is 6.06. The third-order valence-corrected chi connectivity index (χ3v) is 2.11. The second-order valence-corrected chi connectivity index (χ2v) is 3.85. The molecule has 2 aliphatic heterocycles. The van der Waals surface area contributed by atoms with Crippen LogP contribution in [-0.2, 0) is 19.1 Å². The third kappa shape index (κ3) is 1.22. The van der Waals surface area contributed by atoms with Crippen molar-refractivity contribution in [2.45, 2.75) is 25.9 Å². The second-order valence-electron chi connectivity index (χ2n) is 3.85. The number of hydrogen-bond acceptors (Lipinski definition) is 4. The van der Waals surface area contributed by atoms with E-state index in [0.29, 0.717) is 12.0 Å². The SMILES string of the molecule is CC1(C)CC(=O)C2=C(O1)C(=O)OC2. The molecule has 2 rings (SSSR count). The van der Waals surface area contributed by atoms with Crippen LogP contribution in [0.1, 0.15) is 20.3 Å². The number of ether oxygens (including phenoxy) is 2. The molecule has 0 radical (unpaired) electrons. The van der Waals surface area contributed by atoms with Gasteiger partial charge < -0.3 is 9.47 Å². The lowest BCUT2D eigenvalue weighted by atomic mass is 9.94. The maximum absolute atomic E-state index is 11.5. The van der Waals surface area contributed by atoms with Crippen molar-refractivity contribution < 1.29 is 19.1 Å². The average molecular weight is 182 g/mol. The largest absolute Gasteiger partial charge is 0.480 e. The number of ketones is 1. The van der Waals surface area contributed by atoms with E-state index in [9.17, 15) is 9.59 Å². The van der Waals surface area contributed by atoms with Gasteiger partial charge in [-0.05, 0) is 13.8 Å². The quantitative estimate of drug-likeness (QED) is 0.514. The summed E-state index contributed by atoms with van der Waals surface area (Å²) in [5, 5.41) is 0. The van der Waals surface area contributed by atoms with Gasteiger partial charge in [-0.25, -0.2) is 4.79 Å². The van der Waals surface area contributed by atoms with Crippen molar-refractivity contribution >= 4 is 11.8 Å². The molecule has 4 heteroatoms. The van der Waals surface area contributed by atoms with Gasteiger partial charge in [-0.1, -0.05) is 0 Å². The number of esters is 1. The van der Waals surface area contributed by atoms with Gasteiger partial charge in [0.2, 0.25) is 5.76 Å². The minimum absolute atomic E-state index is 0.0444. The molecule has 13 heavy (non-hydrogen) atoms. The van der Waals surface area contributed by atoms with Crippen LogP contribution < -0.4 is 0 Å². The molecule has 0 aromatic heterocycles. The van der Waals surface area contributed by atoms with Crippen LogP contribution in [0.15, 0.2) is 11.3 Å². The van der Waals surface area contributed by atoms with E-state index in [2.05, 4.69) is 0 Å². The highest BCUT2D eigenvalue weighted by Crippen LogP contribution is 2.32. The first kappa shape index (κ1) is 8.29. The smallest absolute Gasteiger partial charge is 0.374 e. The van der Waals surface area contributed by atoms with Gasteiger partial charge in [0.05, 0.1) is 12.0 Å². The van der Waals surface area contributed by atoms with Crippen LogP contribution in [0.3, 0.4) is 0 Å². The van der Waals surface area contributed by atoms with Crippen molar-refractivity contribution in [2.75, 3.05) is 6.61 Å². The topological polar surface area (TPSA) is 52.6 Å². The summed E-state index contributed by atoms with van der Waals surface area (Å²) in [5.41, 5.74) is -0.191.